The average molecular weight is 354 g/mol. The number of aryl methyl sites for hydroxylation is 1. The summed E-state index contributed by atoms with van der Waals surface area (Å²) >= 11 is 0. The molecule has 2 fully saturated rings. The van der Waals surface area contributed by atoms with Crippen LogP contribution in [0.1, 0.15) is 61.2 Å². The smallest absolute Gasteiger partial charge is 0.222 e. The molecule has 138 valence electrons. The fourth-order valence-electron chi connectivity index (χ4n) is 3.71. The summed E-state index contributed by atoms with van der Waals surface area (Å²) in [7, 11) is 1.67. The molecule has 1 N–H and O–H groups in total. The van der Waals surface area contributed by atoms with E-state index in [9.17, 15) is 4.79 Å². The number of carbonyl (C=O) groups excluding carboxylic acids is 1. The van der Waals surface area contributed by atoms with Crippen LogP contribution < -0.4 is 4.74 Å². The quantitative estimate of drug-likeness (QED) is 0.865. The molecule has 1 amide bonds. The number of aromatic nitrogens is 3. The number of hydrogen-bond acceptors (Lipinski definition) is 4. The van der Waals surface area contributed by atoms with Gasteiger partial charge < -0.3 is 9.64 Å². The fraction of sp³-hybridized carbons (Fsp3) is 0.550. The zero-order valence-corrected chi connectivity index (χ0v) is 15.3. The van der Waals surface area contributed by atoms with E-state index in [0.29, 0.717) is 18.3 Å². The van der Waals surface area contributed by atoms with Crippen LogP contribution in [0.5, 0.6) is 5.75 Å². The number of likely N-dealkylation sites (tertiary alicyclic amines) is 1. The lowest BCUT2D eigenvalue weighted by Crippen LogP contribution is -2.38. The minimum Gasteiger partial charge on any atom is -0.496 e. The van der Waals surface area contributed by atoms with Crippen LogP contribution in [-0.4, -0.2) is 46.2 Å². The Balaban J connectivity index is 1.27. The number of carbonyl (C=O) groups is 1. The maximum atomic E-state index is 12.6. The molecule has 0 unspecified atom stereocenters. The first kappa shape index (κ1) is 17.1. The van der Waals surface area contributed by atoms with Crippen LogP contribution in [-0.2, 0) is 11.2 Å². The van der Waals surface area contributed by atoms with Crippen molar-refractivity contribution in [1.29, 1.82) is 0 Å². The zero-order chi connectivity index (χ0) is 17.9. The van der Waals surface area contributed by atoms with Crippen molar-refractivity contribution in [3.63, 3.8) is 0 Å². The van der Waals surface area contributed by atoms with Gasteiger partial charge in [0.2, 0.25) is 5.91 Å². The average Bonchev–Trinajstić information content (AvgIpc) is 3.43. The molecule has 1 aliphatic heterocycles. The van der Waals surface area contributed by atoms with Gasteiger partial charge in [0.05, 0.1) is 7.11 Å². The molecule has 0 spiro atoms. The molecule has 0 atom stereocenters. The normalized spacial score (nSPS) is 18.1. The number of para-hydroxylation sites is 1. The summed E-state index contributed by atoms with van der Waals surface area (Å²) in [5, 5.41) is 7.48. The lowest BCUT2D eigenvalue weighted by Gasteiger charge is -2.31. The number of rotatable bonds is 6. The summed E-state index contributed by atoms with van der Waals surface area (Å²) in [5.41, 5.74) is 1.09. The van der Waals surface area contributed by atoms with Gasteiger partial charge >= 0.3 is 0 Å². The third-order valence-corrected chi connectivity index (χ3v) is 5.50. The van der Waals surface area contributed by atoms with E-state index in [0.717, 1.165) is 55.3 Å². The Morgan fingerprint density at radius 2 is 1.96 bits per heavy atom. The monoisotopic (exact) mass is 354 g/mol. The second-order valence-corrected chi connectivity index (χ2v) is 7.32. The van der Waals surface area contributed by atoms with Crippen molar-refractivity contribution in [3.05, 3.63) is 41.5 Å². The third-order valence-electron chi connectivity index (χ3n) is 5.50. The lowest BCUT2D eigenvalue weighted by molar-refractivity contribution is -0.132. The van der Waals surface area contributed by atoms with Gasteiger partial charge in [-0.05, 0) is 43.7 Å². The number of methoxy groups -OCH3 is 1. The number of nitrogens with one attached hydrogen (secondary N) is 1. The van der Waals surface area contributed by atoms with Crippen LogP contribution in [0.3, 0.4) is 0 Å². The highest BCUT2D eigenvalue weighted by molar-refractivity contribution is 5.76. The van der Waals surface area contributed by atoms with Crippen LogP contribution in [0.25, 0.3) is 0 Å². The number of benzene rings is 1. The van der Waals surface area contributed by atoms with Crippen molar-refractivity contribution < 1.29 is 9.53 Å². The summed E-state index contributed by atoms with van der Waals surface area (Å²) in [6, 6.07) is 7.91. The van der Waals surface area contributed by atoms with Crippen LogP contribution in [0.2, 0.25) is 0 Å². The van der Waals surface area contributed by atoms with E-state index in [2.05, 4.69) is 15.2 Å². The van der Waals surface area contributed by atoms with E-state index in [1.54, 1.807) is 7.11 Å². The molecular formula is C20H26N4O2. The summed E-state index contributed by atoms with van der Waals surface area (Å²) in [5.74, 6) is 4.05. The van der Waals surface area contributed by atoms with Crippen molar-refractivity contribution in [2.75, 3.05) is 20.2 Å². The standard InChI is InChI=1S/C20H26N4O2/c1-26-17-5-3-2-4-14(17)8-9-18(25)24-12-10-16(11-13-24)20-21-19(22-23-20)15-6-7-15/h2-5,15-16H,6-13H2,1H3,(H,21,22,23). The molecular weight excluding hydrogens is 328 g/mol. The van der Waals surface area contributed by atoms with E-state index in [-0.39, 0.29) is 5.91 Å². The fourth-order valence-corrected chi connectivity index (χ4v) is 3.71. The van der Waals surface area contributed by atoms with Crippen molar-refractivity contribution >= 4 is 5.91 Å². The summed E-state index contributed by atoms with van der Waals surface area (Å²) in [4.78, 5) is 19.2. The van der Waals surface area contributed by atoms with Gasteiger partial charge in [-0.2, -0.15) is 5.10 Å². The molecule has 0 radical (unpaired) electrons. The van der Waals surface area contributed by atoms with Gasteiger partial charge in [0.25, 0.3) is 0 Å². The van der Waals surface area contributed by atoms with Crippen LogP contribution in [0, 0.1) is 0 Å². The zero-order valence-electron chi connectivity index (χ0n) is 15.3. The van der Waals surface area contributed by atoms with Gasteiger partial charge in [-0.1, -0.05) is 18.2 Å². The lowest BCUT2D eigenvalue weighted by atomic mass is 9.95. The summed E-state index contributed by atoms with van der Waals surface area (Å²) in [6.45, 7) is 1.60. The second kappa shape index (κ2) is 7.48. The number of H-pyrrole nitrogens is 1. The van der Waals surface area contributed by atoms with Gasteiger partial charge in [0.15, 0.2) is 5.82 Å². The van der Waals surface area contributed by atoms with E-state index >= 15 is 0 Å². The molecule has 2 aliphatic rings. The van der Waals surface area contributed by atoms with E-state index in [1.807, 2.05) is 29.2 Å². The number of ether oxygens (including phenoxy) is 1. The van der Waals surface area contributed by atoms with E-state index in [1.165, 1.54) is 12.8 Å². The molecule has 4 rings (SSSR count). The molecule has 1 saturated carbocycles. The van der Waals surface area contributed by atoms with Gasteiger partial charge in [0.1, 0.15) is 11.6 Å². The number of hydrogen-bond donors (Lipinski definition) is 1. The highest BCUT2D eigenvalue weighted by Crippen LogP contribution is 2.38. The maximum Gasteiger partial charge on any atom is 0.222 e. The van der Waals surface area contributed by atoms with Crippen LogP contribution in [0.15, 0.2) is 24.3 Å². The number of amides is 1. The van der Waals surface area contributed by atoms with Crippen molar-refractivity contribution in [2.24, 2.45) is 0 Å². The molecule has 2 heterocycles. The van der Waals surface area contributed by atoms with E-state index in [4.69, 9.17) is 4.74 Å². The maximum absolute atomic E-state index is 12.6. The molecule has 0 bridgehead atoms. The highest BCUT2D eigenvalue weighted by Gasteiger charge is 2.30. The molecule has 1 saturated heterocycles. The minimum atomic E-state index is 0.227. The topological polar surface area (TPSA) is 71.1 Å². The number of piperidine rings is 1. The van der Waals surface area contributed by atoms with Gasteiger partial charge in [-0.15, -0.1) is 0 Å². The second-order valence-electron chi connectivity index (χ2n) is 7.32. The molecule has 6 nitrogen and oxygen atoms in total. The molecule has 1 aliphatic carbocycles. The summed E-state index contributed by atoms with van der Waals surface area (Å²) < 4.78 is 5.37. The Morgan fingerprint density at radius 3 is 2.69 bits per heavy atom. The Morgan fingerprint density at radius 1 is 1.19 bits per heavy atom. The van der Waals surface area contributed by atoms with Gasteiger partial charge in [0, 0.05) is 31.3 Å². The third kappa shape index (κ3) is 3.74. The molecule has 6 heteroatoms. The SMILES string of the molecule is COc1ccccc1CCC(=O)N1CCC(c2nc(C3CC3)n[nH]2)CC1. The van der Waals surface area contributed by atoms with Crippen LogP contribution >= 0.6 is 0 Å². The Bertz CT molecular complexity index is 761. The van der Waals surface area contributed by atoms with Crippen molar-refractivity contribution in [3.8, 4) is 5.75 Å². The Labute approximate surface area is 154 Å². The van der Waals surface area contributed by atoms with Crippen molar-refractivity contribution in [2.45, 2.75) is 50.4 Å². The predicted molar refractivity (Wildman–Crippen MR) is 98.2 cm³/mol. The molecule has 1 aromatic heterocycles. The highest BCUT2D eigenvalue weighted by atomic mass is 16.5. The number of aromatic amines is 1. The first-order valence-corrected chi connectivity index (χ1v) is 9.56. The molecule has 1 aromatic carbocycles. The Hall–Kier alpha value is -2.37. The first-order valence-electron chi connectivity index (χ1n) is 9.56. The molecule has 26 heavy (non-hydrogen) atoms. The molecule has 2 aromatic rings. The first-order chi connectivity index (χ1) is 12.7. The summed E-state index contributed by atoms with van der Waals surface area (Å²) in [6.07, 6.45) is 5.60. The predicted octanol–water partition coefficient (Wildman–Crippen LogP) is 3.03. The minimum absolute atomic E-state index is 0.227. The van der Waals surface area contributed by atoms with Gasteiger partial charge in [-0.25, -0.2) is 4.98 Å². The van der Waals surface area contributed by atoms with Gasteiger partial charge in [-0.3, -0.25) is 9.89 Å². The van der Waals surface area contributed by atoms with E-state index < -0.39 is 0 Å². The number of nitrogens with zero attached hydrogens (tertiary/aromatic N) is 3. The van der Waals surface area contributed by atoms with Crippen molar-refractivity contribution in [1.82, 2.24) is 20.1 Å². The van der Waals surface area contributed by atoms with Crippen LogP contribution in [0.4, 0.5) is 0 Å². The Kier molecular flexibility index (Phi) is 4.91. The largest absolute Gasteiger partial charge is 0.496 e.